The Labute approximate surface area is 220 Å². The van der Waals surface area contributed by atoms with Crippen molar-refractivity contribution in [1.82, 2.24) is 5.32 Å². The molecule has 0 saturated heterocycles. The lowest BCUT2D eigenvalue weighted by Crippen LogP contribution is -2.37. The molecule has 1 aliphatic rings. The van der Waals surface area contributed by atoms with Crippen LogP contribution in [0, 0.1) is 0 Å². The van der Waals surface area contributed by atoms with E-state index < -0.39 is 24.0 Å². The van der Waals surface area contributed by atoms with Crippen LogP contribution in [0.15, 0.2) is 103 Å². The molecule has 7 heteroatoms. The molecule has 2 amide bonds. The van der Waals surface area contributed by atoms with Crippen LogP contribution in [-0.2, 0) is 14.3 Å². The maximum atomic E-state index is 13.2. The van der Waals surface area contributed by atoms with E-state index in [2.05, 4.69) is 22.8 Å². The summed E-state index contributed by atoms with van der Waals surface area (Å²) in [6, 6.07) is 30.4. The van der Waals surface area contributed by atoms with Crippen LogP contribution < -0.4 is 10.6 Å². The summed E-state index contributed by atoms with van der Waals surface area (Å²) in [6.45, 7) is 0.137. The van der Waals surface area contributed by atoms with Crippen molar-refractivity contribution < 1.29 is 23.9 Å². The molecule has 0 unspecified atom stereocenters. The average Bonchev–Trinajstić information content (AvgIpc) is 3.28. The highest BCUT2D eigenvalue weighted by Crippen LogP contribution is 2.44. The molecule has 0 bridgehead atoms. The molecule has 1 atom stereocenters. The van der Waals surface area contributed by atoms with Crippen molar-refractivity contribution in [3.63, 3.8) is 0 Å². The Morgan fingerprint density at radius 1 is 0.763 bits per heavy atom. The summed E-state index contributed by atoms with van der Waals surface area (Å²) in [4.78, 5) is 37.9. The first kappa shape index (κ1) is 24.8. The fourth-order valence-electron chi connectivity index (χ4n) is 4.73. The predicted molar refractivity (Wildman–Crippen MR) is 144 cm³/mol. The SMILES string of the molecule is COC(=O)c1ccc(NC(=O)[C@@H](NC(=O)OCC2c3ccccc3-c3ccccc32)c2ccccc2)cc1. The van der Waals surface area contributed by atoms with Crippen LogP contribution in [0.1, 0.15) is 39.0 Å². The van der Waals surface area contributed by atoms with Gasteiger partial charge in [-0.05, 0) is 52.1 Å². The van der Waals surface area contributed by atoms with E-state index in [1.54, 1.807) is 48.5 Å². The number of ether oxygens (including phenoxy) is 2. The quantitative estimate of drug-likeness (QED) is 0.314. The van der Waals surface area contributed by atoms with Crippen molar-refractivity contribution in [3.8, 4) is 11.1 Å². The summed E-state index contributed by atoms with van der Waals surface area (Å²) in [5.41, 5.74) is 5.92. The van der Waals surface area contributed by atoms with Crippen LogP contribution in [0.25, 0.3) is 11.1 Å². The topological polar surface area (TPSA) is 93.7 Å². The normalized spacial score (nSPS) is 12.6. The molecule has 0 saturated carbocycles. The Morgan fingerprint density at radius 2 is 1.34 bits per heavy atom. The van der Waals surface area contributed by atoms with Gasteiger partial charge in [0.1, 0.15) is 12.6 Å². The Hall–Kier alpha value is -4.91. The number of nitrogens with one attached hydrogen (secondary N) is 2. The van der Waals surface area contributed by atoms with Gasteiger partial charge in [0.25, 0.3) is 5.91 Å². The van der Waals surface area contributed by atoms with Crippen LogP contribution in [0.2, 0.25) is 0 Å². The second-order valence-electron chi connectivity index (χ2n) is 8.87. The lowest BCUT2D eigenvalue weighted by Gasteiger charge is -2.20. The molecule has 0 radical (unpaired) electrons. The molecule has 2 N–H and O–H groups in total. The van der Waals surface area contributed by atoms with E-state index in [4.69, 9.17) is 9.47 Å². The van der Waals surface area contributed by atoms with Crippen LogP contribution in [0.4, 0.5) is 10.5 Å². The molecule has 4 aromatic rings. The van der Waals surface area contributed by atoms with Crippen LogP contribution in [0.3, 0.4) is 0 Å². The monoisotopic (exact) mass is 506 g/mol. The second-order valence-corrected chi connectivity index (χ2v) is 8.87. The van der Waals surface area contributed by atoms with Gasteiger partial charge in [0.2, 0.25) is 0 Å². The zero-order chi connectivity index (χ0) is 26.5. The second kappa shape index (κ2) is 11.0. The maximum absolute atomic E-state index is 13.2. The minimum atomic E-state index is -0.993. The highest BCUT2D eigenvalue weighted by Gasteiger charge is 2.30. The van der Waals surface area contributed by atoms with Gasteiger partial charge in [0, 0.05) is 11.6 Å². The summed E-state index contributed by atoms with van der Waals surface area (Å²) < 4.78 is 10.4. The summed E-state index contributed by atoms with van der Waals surface area (Å²) in [6.07, 6.45) is -0.697. The maximum Gasteiger partial charge on any atom is 0.408 e. The van der Waals surface area contributed by atoms with Crippen molar-refractivity contribution in [1.29, 1.82) is 0 Å². The minimum absolute atomic E-state index is 0.0922. The number of carbonyl (C=O) groups excluding carboxylic acids is 3. The zero-order valence-electron chi connectivity index (χ0n) is 20.7. The molecule has 0 fully saturated rings. The Bertz CT molecular complexity index is 1420. The van der Waals surface area contributed by atoms with Gasteiger partial charge in [0.15, 0.2) is 0 Å². The number of benzene rings is 4. The van der Waals surface area contributed by atoms with Crippen molar-refractivity contribution in [2.75, 3.05) is 19.0 Å². The minimum Gasteiger partial charge on any atom is -0.465 e. The van der Waals surface area contributed by atoms with Gasteiger partial charge in [0.05, 0.1) is 12.7 Å². The number of hydrogen-bond donors (Lipinski definition) is 2. The third kappa shape index (κ3) is 5.13. The first-order valence-corrected chi connectivity index (χ1v) is 12.2. The zero-order valence-corrected chi connectivity index (χ0v) is 20.7. The molecular formula is C31H26N2O5. The number of fused-ring (bicyclic) bond motifs is 3. The molecular weight excluding hydrogens is 480 g/mol. The van der Waals surface area contributed by atoms with Crippen molar-refractivity contribution >= 4 is 23.7 Å². The average molecular weight is 507 g/mol. The standard InChI is InChI=1S/C31H26N2O5/c1-37-30(35)21-15-17-22(18-16-21)32-29(34)28(20-9-3-2-4-10-20)33-31(36)38-19-27-25-13-7-5-11-23(25)24-12-6-8-14-26(24)27/h2-18,27-28H,19H2,1H3,(H,32,34)(H,33,36)/t28-/m0/s1. The fraction of sp³-hybridized carbons (Fsp3) is 0.129. The molecule has 0 heterocycles. The van der Waals surface area contributed by atoms with Gasteiger partial charge in [-0.3, -0.25) is 4.79 Å². The largest absolute Gasteiger partial charge is 0.465 e. The van der Waals surface area contributed by atoms with E-state index in [-0.39, 0.29) is 12.5 Å². The number of carbonyl (C=O) groups is 3. The van der Waals surface area contributed by atoms with Gasteiger partial charge >= 0.3 is 12.1 Å². The molecule has 0 spiro atoms. The molecule has 0 aliphatic heterocycles. The van der Waals surface area contributed by atoms with Gasteiger partial charge in [-0.2, -0.15) is 0 Å². The van der Waals surface area contributed by atoms with E-state index in [9.17, 15) is 14.4 Å². The molecule has 1 aliphatic carbocycles. The van der Waals surface area contributed by atoms with Crippen molar-refractivity contribution in [2.45, 2.75) is 12.0 Å². The molecule has 38 heavy (non-hydrogen) atoms. The number of methoxy groups -OCH3 is 1. The summed E-state index contributed by atoms with van der Waals surface area (Å²) in [5, 5.41) is 5.51. The Morgan fingerprint density at radius 3 is 1.95 bits per heavy atom. The molecule has 7 nitrogen and oxygen atoms in total. The number of rotatable bonds is 7. The lowest BCUT2D eigenvalue weighted by molar-refractivity contribution is -0.118. The Kier molecular flexibility index (Phi) is 7.17. The molecule has 0 aromatic heterocycles. The summed E-state index contributed by atoms with van der Waals surface area (Å²) in [7, 11) is 1.30. The van der Waals surface area contributed by atoms with E-state index in [1.165, 1.54) is 7.11 Å². The molecule has 4 aromatic carbocycles. The number of hydrogen-bond acceptors (Lipinski definition) is 5. The van der Waals surface area contributed by atoms with Crippen molar-refractivity contribution in [2.24, 2.45) is 0 Å². The number of alkyl carbamates (subject to hydrolysis) is 1. The molecule has 5 rings (SSSR count). The number of esters is 1. The third-order valence-electron chi connectivity index (χ3n) is 6.57. The van der Waals surface area contributed by atoms with Crippen LogP contribution in [-0.4, -0.2) is 31.7 Å². The van der Waals surface area contributed by atoms with E-state index in [0.29, 0.717) is 16.8 Å². The number of amides is 2. The highest BCUT2D eigenvalue weighted by molar-refractivity contribution is 5.98. The smallest absolute Gasteiger partial charge is 0.408 e. The van der Waals surface area contributed by atoms with Gasteiger partial charge in [-0.25, -0.2) is 9.59 Å². The van der Waals surface area contributed by atoms with E-state index in [0.717, 1.165) is 22.3 Å². The first-order chi connectivity index (χ1) is 18.5. The highest BCUT2D eigenvalue weighted by atomic mass is 16.5. The van der Waals surface area contributed by atoms with Crippen molar-refractivity contribution in [3.05, 3.63) is 125 Å². The van der Waals surface area contributed by atoms with E-state index >= 15 is 0 Å². The Balaban J connectivity index is 1.29. The molecule has 190 valence electrons. The predicted octanol–water partition coefficient (Wildman–Crippen LogP) is 5.69. The van der Waals surface area contributed by atoms with Gasteiger partial charge in [-0.15, -0.1) is 0 Å². The van der Waals surface area contributed by atoms with Crippen LogP contribution in [0.5, 0.6) is 0 Å². The van der Waals surface area contributed by atoms with Crippen LogP contribution >= 0.6 is 0 Å². The fourth-order valence-corrected chi connectivity index (χ4v) is 4.73. The first-order valence-electron chi connectivity index (χ1n) is 12.2. The number of anilines is 1. The summed E-state index contributed by atoms with van der Waals surface area (Å²) in [5.74, 6) is -1.01. The van der Waals surface area contributed by atoms with Gasteiger partial charge in [-0.1, -0.05) is 78.9 Å². The lowest BCUT2D eigenvalue weighted by atomic mass is 9.98. The van der Waals surface area contributed by atoms with E-state index in [1.807, 2.05) is 42.5 Å². The summed E-state index contributed by atoms with van der Waals surface area (Å²) >= 11 is 0. The van der Waals surface area contributed by atoms with Gasteiger partial charge < -0.3 is 20.1 Å². The third-order valence-corrected chi connectivity index (χ3v) is 6.57.